The van der Waals surface area contributed by atoms with Gasteiger partial charge in [0.05, 0.1) is 11.6 Å². The molecule has 1 N–H and O–H groups in total. The molecule has 1 heterocycles. The van der Waals surface area contributed by atoms with Gasteiger partial charge in [-0.3, -0.25) is 9.69 Å². The minimum Gasteiger partial charge on any atom is -0.325 e. The summed E-state index contributed by atoms with van der Waals surface area (Å²) < 4.78 is 37.2. The van der Waals surface area contributed by atoms with E-state index in [4.69, 9.17) is 0 Å². The third kappa shape index (κ3) is 3.26. The number of hydrogen-bond acceptors (Lipinski definition) is 2. The van der Waals surface area contributed by atoms with E-state index in [1.807, 2.05) is 11.9 Å². The maximum absolute atomic E-state index is 12.4. The highest BCUT2D eigenvalue weighted by Gasteiger charge is 2.30. The molecule has 0 spiro atoms. The molecule has 0 aromatic heterocycles. The lowest BCUT2D eigenvalue weighted by Gasteiger charge is -2.18. The normalized spacial score (nSPS) is 20.5. The molecule has 0 radical (unpaired) electrons. The highest BCUT2D eigenvalue weighted by molar-refractivity contribution is 5.95. The molecule has 0 bridgehead atoms. The minimum atomic E-state index is -4.35. The molecule has 3 nitrogen and oxygen atoms in total. The van der Waals surface area contributed by atoms with E-state index in [2.05, 4.69) is 5.32 Å². The largest absolute Gasteiger partial charge is 0.416 e. The lowest BCUT2D eigenvalue weighted by atomic mass is 10.1. The summed E-state index contributed by atoms with van der Waals surface area (Å²) in [7, 11) is 1.87. The van der Waals surface area contributed by atoms with E-state index in [0.29, 0.717) is 5.69 Å². The fourth-order valence-corrected chi connectivity index (χ4v) is 2.21. The van der Waals surface area contributed by atoms with Crippen molar-refractivity contribution in [3.63, 3.8) is 0 Å². The Balaban J connectivity index is 2.02. The summed E-state index contributed by atoms with van der Waals surface area (Å²) in [5, 5.41) is 2.64. The summed E-state index contributed by atoms with van der Waals surface area (Å²) in [6, 6.07) is 4.29. The zero-order valence-corrected chi connectivity index (χ0v) is 10.5. The fourth-order valence-electron chi connectivity index (χ4n) is 2.21. The topological polar surface area (TPSA) is 32.3 Å². The highest BCUT2D eigenvalue weighted by Crippen LogP contribution is 2.30. The second-order valence-electron chi connectivity index (χ2n) is 4.70. The van der Waals surface area contributed by atoms with E-state index in [-0.39, 0.29) is 11.9 Å². The Morgan fingerprint density at radius 3 is 2.42 bits per heavy atom. The van der Waals surface area contributed by atoms with Crippen LogP contribution in [0.1, 0.15) is 18.4 Å². The monoisotopic (exact) mass is 272 g/mol. The van der Waals surface area contributed by atoms with Crippen LogP contribution in [0.4, 0.5) is 18.9 Å². The van der Waals surface area contributed by atoms with Gasteiger partial charge in [-0.25, -0.2) is 0 Å². The van der Waals surface area contributed by atoms with Gasteiger partial charge in [-0.05, 0) is 50.7 Å². The first-order chi connectivity index (χ1) is 8.88. The molecule has 1 aromatic rings. The number of halogens is 3. The molecule has 1 saturated heterocycles. The van der Waals surface area contributed by atoms with Gasteiger partial charge in [-0.1, -0.05) is 0 Å². The third-order valence-electron chi connectivity index (χ3n) is 3.30. The van der Waals surface area contributed by atoms with Crippen LogP contribution in [-0.2, 0) is 11.0 Å². The molecule has 0 aliphatic carbocycles. The molecule has 2 rings (SSSR count). The summed E-state index contributed by atoms with van der Waals surface area (Å²) in [6.45, 7) is 0.866. The number of hydrogen-bond donors (Lipinski definition) is 1. The Labute approximate surface area is 109 Å². The van der Waals surface area contributed by atoms with Crippen molar-refractivity contribution in [1.82, 2.24) is 4.90 Å². The van der Waals surface area contributed by atoms with Crippen molar-refractivity contribution in [2.75, 3.05) is 18.9 Å². The maximum atomic E-state index is 12.4. The van der Waals surface area contributed by atoms with Gasteiger partial charge in [0.15, 0.2) is 0 Å². The Hall–Kier alpha value is -1.56. The fraction of sp³-hybridized carbons (Fsp3) is 0.462. The number of carbonyl (C=O) groups excluding carboxylic acids is 1. The SMILES string of the molecule is CN1CCCC1C(=O)Nc1ccc(C(F)(F)F)cc1. The molecule has 1 atom stereocenters. The van der Waals surface area contributed by atoms with Crippen molar-refractivity contribution < 1.29 is 18.0 Å². The highest BCUT2D eigenvalue weighted by atomic mass is 19.4. The van der Waals surface area contributed by atoms with Gasteiger partial charge in [0.2, 0.25) is 5.91 Å². The second-order valence-corrected chi connectivity index (χ2v) is 4.70. The first-order valence-electron chi connectivity index (χ1n) is 6.06. The number of alkyl halides is 3. The molecular weight excluding hydrogens is 257 g/mol. The van der Waals surface area contributed by atoms with Crippen LogP contribution in [0, 0.1) is 0 Å². The summed E-state index contributed by atoms with van der Waals surface area (Å²) in [6.07, 6.45) is -2.61. The number of anilines is 1. The second kappa shape index (κ2) is 5.21. The van der Waals surface area contributed by atoms with Crippen LogP contribution in [-0.4, -0.2) is 30.4 Å². The number of nitrogens with one attached hydrogen (secondary N) is 1. The van der Waals surface area contributed by atoms with E-state index < -0.39 is 11.7 Å². The molecule has 19 heavy (non-hydrogen) atoms. The van der Waals surface area contributed by atoms with Crippen LogP contribution in [0.15, 0.2) is 24.3 Å². The van der Waals surface area contributed by atoms with E-state index in [0.717, 1.165) is 31.5 Å². The van der Waals surface area contributed by atoms with Gasteiger partial charge in [-0.2, -0.15) is 13.2 Å². The third-order valence-corrected chi connectivity index (χ3v) is 3.30. The van der Waals surface area contributed by atoms with Crippen LogP contribution in [0.5, 0.6) is 0 Å². The lowest BCUT2D eigenvalue weighted by Crippen LogP contribution is -2.37. The first-order valence-corrected chi connectivity index (χ1v) is 6.06. The molecule has 1 amide bonds. The molecule has 1 aliphatic heterocycles. The van der Waals surface area contributed by atoms with Gasteiger partial charge < -0.3 is 5.32 Å². The average Bonchev–Trinajstić information content (AvgIpc) is 2.75. The lowest BCUT2D eigenvalue weighted by molar-refractivity contribution is -0.137. The zero-order chi connectivity index (χ0) is 14.0. The number of benzene rings is 1. The van der Waals surface area contributed by atoms with Gasteiger partial charge in [-0.15, -0.1) is 0 Å². The smallest absolute Gasteiger partial charge is 0.325 e. The molecule has 6 heteroatoms. The first kappa shape index (κ1) is 13.9. The number of rotatable bonds is 2. The van der Waals surface area contributed by atoms with Crippen molar-refractivity contribution in [3.05, 3.63) is 29.8 Å². The summed E-state index contributed by atoms with van der Waals surface area (Å²) in [5.74, 6) is -0.167. The Morgan fingerprint density at radius 2 is 1.95 bits per heavy atom. The zero-order valence-electron chi connectivity index (χ0n) is 10.5. The summed E-state index contributed by atoms with van der Waals surface area (Å²) in [4.78, 5) is 13.9. The van der Waals surface area contributed by atoms with E-state index in [9.17, 15) is 18.0 Å². The Bertz CT molecular complexity index is 456. The van der Waals surface area contributed by atoms with Crippen molar-refractivity contribution in [3.8, 4) is 0 Å². The van der Waals surface area contributed by atoms with E-state index in [1.165, 1.54) is 12.1 Å². The van der Waals surface area contributed by atoms with Crippen molar-refractivity contribution in [2.45, 2.75) is 25.1 Å². The summed E-state index contributed by atoms with van der Waals surface area (Å²) >= 11 is 0. The van der Waals surface area contributed by atoms with Crippen molar-refractivity contribution in [1.29, 1.82) is 0 Å². The summed E-state index contributed by atoms with van der Waals surface area (Å²) in [5.41, 5.74) is -0.332. The average molecular weight is 272 g/mol. The van der Waals surface area contributed by atoms with Gasteiger partial charge in [0.25, 0.3) is 0 Å². The molecular formula is C13H15F3N2O. The number of amides is 1. The van der Waals surface area contributed by atoms with Crippen LogP contribution >= 0.6 is 0 Å². The molecule has 1 unspecified atom stereocenters. The van der Waals surface area contributed by atoms with Gasteiger partial charge in [0.1, 0.15) is 0 Å². The Kier molecular flexibility index (Phi) is 3.80. The van der Waals surface area contributed by atoms with Crippen molar-refractivity contribution >= 4 is 11.6 Å². The van der Waals surface area contributed by atoms with Crippen LogP contribution in [0.25, 0.3) is 0 Å². The molecule has 0 saturated carbocycles. The van der Waals surface area contributed by atoms with Gasteiger partial charge >= 0.3 is 6.18 Å². The minimum absolute atomic E-state index is 0.167. The number of carbonyl (C=O) groups is 1. The molecule has 1 fully saturated rings. The predicted octanol–water partition coefficient (Wildman–Crippen LogP) is 2.74. The molecule has 104 valence electrons. The van der Waals surface area contributed by atoms with E-state index in [1.54, 1.807) is 0 Å². The maximum Gasteiger partial charge on any atom is 0.416 e. The Morgan fingerprint density at radius 1 is 1.32 bits per heavy atom. The van der Waals surface area contributed by atoms with Crippen LogP contribution < -0.4 is 5.32 Å². The standard InChI is InChI=1S/C13H15F3N2O/c1-18-8-2-3-11(18)12(19)17-10-6-4-9(5-7-10)13(14,15)16/h4-7,11H,2-3,8H2,1H3,(H,17,19). The number of nitrogens with zero attached hydrogens (tertiary/aromatic N) is 1. The number of likely N-dealkylation sites (tertiary alicyclic amines) is 1. The quantitative estimate of drug-likeness (QED) is 0.897. The molecule has 1 aliphatic rings. The predicted molar refractivity (Wildman–Crippen MR) is 65.7 cm³/mol. The number of likely N-dealkylation sites (N-methyl/N-ethyl adjacent to an activating group) is 1. The van der Waals surface area contributed by atoms with Crippen LogP contribution in [0.2, 0.25) is 0 Å². The van der Waals surface area contributed by atoms with Crippen LogP contribution in [0.3, 0.4) is 0 Å². The van der Waals surface area contributed by atoms with E-state index >= 15 is 0 Å². The van der Waals surface area contributed by atoms with Crippen molar-refractivity contribution in [2.24, 2.45) is 0 Å². The molecule has 1 aromatic carbocycles. The van der Waals surface area contributed by atoms with Gasteiger partial charge in [0, 0.05) is 5.69 Å².